The Morgan fingerprint density at radius 1 is 1.00 bits per heavy atom. The first kappa shape index (κ1) is 23.3. The number of benzene rings is 3. The largest absolute Gasteiger partial charge is 0.465 e. The molecular formula is C25H21ClFN3O4. The third-order valence-electron chi connectivity index (χ3n) is 5.75. The van der Waals surface area contributed by atoms with E-state index < -0.39 is 29.8 Å². The van der Waals surface area contributed by atoms with Crippen molar-refractivity contribution in [1.29, 1.82) is 0 Å². The van der Waals surface area contributed by atoms with Crippen molar-refractivity contribution >= 4 is 35.2 Å². The molecule has 0 spiro atoms. The van der Waals surface area contributed by atoms with Crippen molar-refractivity contribution in [3.63, 3.8) is 0 Å². The van der Waals surface area contributed by atoms with Crippen LogP contribution in [-0.2, 0) is 22.6 Å². The zero-order chi connectivity index (χ0) is 24.2. The Hall–Kier alpha value is -3.91. The second kappa shape index (κ2) is 9.93. The smallest absolute Gasteiger partial charge is 0.404 e. The van der Waals surface area contributed by atoms with E-state index in [-0.39, 0.29) is 23.2 Å². The summed E-state index contributed by atoms with van der Waals surface area (Å²) >= 11 is 5.66. The molecule has 3 aromatic carbocycles. The van der Waals surface area contributed by atoms with Gasteiger partial charge in [-0.1, -0.05) is 60.1 Å². The van der Waals surface area contributed by atoms with E-state index >= 15 is 0 Å². The SMILES string of the molecule is O=C(O)NCc1ccc([C@H]2Cc3ccccc3[C@@H]2NC(=O)C(=O)Nc2ccc(Cl)c(F)c2)cc1. The second-order valence-electron chi connectivity index (χ2n) is 7.94. The van der Waals surface area contributed by atoms with E-state index in [4.69, 9.17) is 16.7 Å². The number of fused-ring (bicyclic) bond motifs is 1. The van der Waals surface area contributed by atoms with Crippen LogP contribution in [0.5, 0.6) is 0 Å². The standard InChI is InChI=1S/C25H21ClFN3O4/c26-20-10-9-17(12-21(20)27)29-23(31)24(32)30-22-18-4-2-1-3-16(18)11-19(22)15-7-5-14(6-8-15)13-28-25(33)34/h1-10,12,19,22,28H,11,13H2,(H,29,31)(H,30,32)(H,33,34)/t19-,22+/m1/s1. The van der Waals surface area contributed by atoms with Crippen LogP contribution in [0.2, 0.25) is 5.02 Å². The van der Waals surface area contributed by atoms with E-state index in [0.717, 1.165) is 28.3 Å². The number of carbonyl (C=O) groups excluding carboxylic acids is 2. The summed E-state index contributed by atoms with van der Waals surface area (Å²) in [5.74, 6) is -2.58. The molecule has 0 radical (unpaired) electrons. The first-order valence-electron chi connectivity index (χ1n) is 10.5. The molecule has 4 rings (SSSR count). The topological polar surface area (TPSA) is 108 Å². The van der Waals surface area contributed by atoms with Crippen molar-refractivity contribution in [2.75, 3.05) is 5.32 Å². The minimum atomic E-state index is -1.10. The molecule has 1 aliphatic rings. The number of rotatable bonds is 5. The molecule has 9 heteroatoms. The van der Waals surface area contributed by atoms with Crippen LogP contribution in [0.15, 0.2) is 66.7 Å². The number of hydrogen-bond donors (Lipinski definition) is 4. The zero-order valence-corrected chi connectivity index (χ0v) is 18.6. The highest BCUT2D eigenvalue weighted by molar-refractivity contribution is 6.39. The molecule has 3 amide bonds. The number of carbonyl (C=O) groups is 3. The van der Waals surface area contributed by atoms with Gasteiger partial charge in [0.1, 0.15) is 5.82 Å². The number of hydrogen-bond acceptors (Lipinski definition) is 3. The molecule has 34 heavy (non-hydrogen) atoms. The summed E-state index contributed by atoms with van der Waals surface area (Å²) < 4.78 is 13.7. The van der Waals surface area contributed by atoms with Gasteiger partial charge in [-0.25, -0.2) is 9.18 Å². The van der Waals surface area contributed by atoms with Crippen molar-refractivity contribution in [3.05, 3.63) is 99.8 Å². The van der Waals surface area contributed by atoms with Crippen LogP contribution in [0.3, 0.4) is 0 Å². The Morgan fingerprint density at radius 2 is 1.74 bits per heavy atom. The molecule has 0 fully saturated rings. The maximum atomic E-state index is 13.7. The lowest BCUT2D eigenvalue weighted by atomic mass is 9.91. The molecule has 0 saturated heterocycles. The predicted molar refractivity (Wildman–Crippen MR) is 125 cm³/mol. The van der Waals surface area contributed by atoms with Gasteiger partial charge < -0.3 is 21.1 Å². The summed E-state index contributed by atoms with van der Waals surface area (Å²) in [5, 5.41) is 16.2. The number of nitrogens with one attached hydrogen (secondary N) is 3. The Balaban J connectivity index is 1.51. The Bertz CT molecular complexity index is 1250. The van der Waals surface area contributed by atoms with Crippen LogP contribution < -0.4 is 16.0 Å². The average molecular weight is 482 g/mol. The maximum absolute atomic E-state index is 13.7. The quantitative estimate of drug-likeness (QED) is 0.405. The van der Waals surface area contributed by atoms with Crippen LogP contribution in [0, 0.1) is 5.82 Å². The minimum Gasteiger partial charge on any atom is -0.465 e. The zero-order valence-electron chi connectivity index (χ0n) is 17.8. The van der Waals surface area contributed by atoms with Gasteiger partial charge in [0.05, 0.1) is 11.1 Å². The Labute approximate surface area is 199 Å². The highest BCUT2D eigenvalue weighted by Gasteiger charge is 2.35. The molecule has 1 aliphatic carbocycles. The van der Waals surface area contributed by atoms with Crippen molar-refractivity contribution in [2.45, 2.75) is 24.9 Å². The number of carboxylic acid groups (broad SMARTS) is 1. The molecule has 7 nitrogen and oxygen atoms in total. The van der Waals surface area contributed by atoms with Gasteiger partial charge >= 0.3 is 17.9 Å². The van der Waals surface area contributed by atoms with E-state index in [2.05, 4.69) is 16.0 Å². The van der Waals surface area contributed by atoms with Gasteiger partial charge in [-0.15, -0.1) is 0 Å². The fourth-order valence-corrected chi connectivity index (χ4v) is 4.23. The number of halogens is 2. The fourth-order valence-electron chi connectivity index (χ4n) is 4.11. The molecular weight excluding hydrogens is 461 g/mol. The van der Waals surface area contributed by atoms with E-state index in [1.54, 1.807) is 0 Å². The van der Waals surface area contributed by atoms with Gasteiger partial charge in [-0.2, -0.15) is 0 Å². The summed E-state index contributed by atoms with van der Waals surface area (Å²) in [5.41, 5.74) is 3.85. The highest BCUT2D eigenvalue weighted by Crippen LogP contribution is 2.42. The Kier molecular flexibility index (Phi) is 6.79. The molecule has 0 unspecified atom stereocenters. The predicted octanol–water partition coefficient (Wildman–Crippen LogP) is 4.38. The van der Waals surface area contributed by atoms with Crippen molar-refractivity contribution < 1.29 is 23.9 Å². The molecule has 0 saturated carbocycles. The summed E-state index contributed by atoms with van der Waals surface area (Å²) in [6.45, 7) is 0.187. The molecule has 0 heterocycles. The van der Waals surface area contributed by atoms with Crippen LogP contribution in [0.4, 0.5) is 14.9 Å². The van der Waals surface area contributed by atoms with Crippen LogP contribution >= 0.6 is 11.6 Å². The van der Waals surface area contributed by atoms with Crippen molar-refractivity contribution in [2.24, 2.45) is 0 Å². The number of amides is 3. The first-order chi connectivity index (χ1) is 16.3. The monoisotopic (exact) mass is 481 g/mol. The molecule has 3 aromatic rings. The highest BCUT2D eigenvalue weighted by atomic mass is 35.5. The summed E-state index contributed by atoms with van der Waals surface area (Å²) in [7, 11) is 0. The van der Waals surface area contributed by atoms with Gasteiger partial charge in [0.2, 0.25) is 0 Å². The van der Waals surface area contributed by atoms with Gasteiger partial charge in [0.25, 0.3) is 0 Å². The molecule has 174 valence electrons. The maximum Gasteiger partial charge on any atom is 0.404 e. The summed E-state index contributed by atoms with van der Waals surface area (Å²) in [6.07, 6.45) is -0.435. The lowest BCUT2D eigenvalue weighted by Gasteiger charge is -2.22. The fraction of sp³-hybridized carbons (Fsp3) is 0.160. The molecule has 0 aromatic heterocycles. The molecule has 0 aliphatic heterocycles. The first-order valence-corrected chi connectivity index (χ1v) is 10.9. The van der Waals surface area contributed by atoms with Gasteiger partial charge in [-0.3, -0.25) is 9.59 Å². The third kappa shape index (κ3) is 5.18. The molecule has 4 N–H and O–H groups in total. The summed E-state index contributed by atoms with van der Waals surface area (Å²) in [4.78, 5) is 35.9. The molecule has 2 atom stereocenters. The van der Waals surface area contributed by atoms with E-state index in [9.17, 15) is 18.8 Å². The van der Waals surface area contributed by atoms with Gasteiger partial charge in [-0.05, 0) is 46.9 Å². The van der Waals surface area contributed by atoms with Crippen LogP contribution in [0.25, 0.3) is 0 Å². The minimum absolute atomic E-state index is 0.0855. The lowest BCUT2D eigenvalue weighted by molar-refractivity contribution is -0.136. The van der Waals surface area contributed by atoms with E-state index in [1.807, 2.05) is 48.5 Å². The van der Waals surface area contributed by atoms with E-state index in [0.29, 0.717) is 6.42 Å². The van der Waals surface area contributed by atoms with Crippen LogP contribution in [-0.4, -0.2) is 23.0 Å². The van der Waals surface area contributed by atoms with Gasteiger partial charge in [0, 0.05) is 18.2 Å². The Morgan fingerprint density at radius 3 is 2.44 bits per heavy atom. The second-order valence-corrected chi connectivity index (χ2v) is 8.35. The average Bonchev–Trinajstić information content (AvgIpc) is 3.18. The van der Waals surface area contributed by atoms with Crippen molar-refractivity contribution in [1.82, 2.24) is 10.6 Å². The third-order valence-corrected chi connectivity index (χ3v) is 6.06. The lowest BCUT2D eigenvalue weighted by Crippen LogP contribution is -2.39. The number of anilines is 1. The normalized spacial score (nSPS) is 16.4. The van der Waals surface area contributed by atoms with E-state index in [1.165, 1.54) is 12.1 Å². The molecule has 0 bridgehead atoms. The van der Waals surface area contributed by atoms with Crippen LogP contribution in [0.1, 0.15) is 34.2 Å². The van der Waals surface area contributed by atoms with Gasteiger partial charge in [0.15, 0.2) is 0 Å². The van der Waals surface area contributed by atoms with Crippen molar-refractivity contribution in [3.8, 4) is 0 Å². The summed E-state index contributed by atoms with van der Waals surface area (Å²) in [6, 6.07) is 18.4.